The van der Waals surface area contributed by atoms with E-state index in [9.17, 15) is 4.79 Å². The Balaban J connectivity index is 1.59. The normalized spacial score (nSPS) is 19.8. The quantitative estimate of drug-likeness (QED) is 0.756. The number of nitrogens with zero attached hydrogens (tertiary/aromatic N) is 5. The molecule has 7 heteroatoms. The Bertz CT molecular complexity index is 1000. The Labute approximate surface area is 157 Å². The van der Waals surface area contributed by atoms with Crippen LogP contribution in [0.15, 0.2) is 30.7 Å². The van der Waals surface area contributed by atoms with Crippen LogP contribution in [-0.2, 0) is 11.3 Å². The number of hydrogen-bond donors (Lipinski definition) is 1. The highest BCUT2D eigenvalue weighted by molar-refractivity contribution is 5.78. The standard InChI is InChI=1S/C20H22N6O/c1-13-4-5-17-24-16-11-21-18(27)8-15(19(16)26(17)12-13)14-9-22-20(23-10-14)25-6-2-3-7-25/h4-5,9-10,12,15H,2-3,6-8,11H2,1H3,(H,21,27). The Hall–Kier alpha value is -2.96. The molecule has 7 nitrogen and oxygen atoms in total. The van der Waals surface area contributed by atoms with Crippen LogP contribution in [0.1, 0.15) is 47.7 Å². The van der Waals surface area contributed by atoms with Gasteiger partial charge in [0.1, 0.15) is 5.65 Å². The number of pyridine rings is 1. The molecule has 138 valence electrons. The number of hydrogen-bond acceptors (Lipinski definition) is 5. The van der Waals surface area contributed by atoms with Gasteiger partial charge < -0.3 is 14.6 Å². The zero-order valence-electron chi connectivity index (χ0n) is 15.4. The van der Waals surface area contributed by atoms with Crippen LogP contribution in [0.25, 0.3) is 5.65 Å². The zero-order valence-corrected chi connectivity index (χ0v) is 15.4. The Morgan fingerprint density at radius 2 is 1.93 bits per heavy atom. The van der Waals surface area contributed by atoms with Gasteiger partial charge in [0.15, 0.2) is 0 Å². The SMILES string of the molecule is Cc1ccc2nc3c(n2c1)C(c1cnc(N2CCCC2)nc1)CC(=O)NC3. The van der Waals surface area contributed by atoms with Gasteiger partial charge in [0, 0.05) is 44.0 Å². The fourth-order valence-electron chi connectivity index (χ4n) is 4.12. The Morgan fingerprint density at radius 3 is 2.70 bits per heavy atom. The minimum absolute atomic E-state index is 0.0306. The van der Waals surface area contributed by atoms with Crippen molar-refractivity contribution in [2.75, 3.05) is 18.0 Å². The number of fused-ring (bicyclic) bond motifs is 3. The molecule has 0 radical (unpaired) electrons. The number of rotatable bonds is 2. The molecule has 2 aliphatic rings. The van der Waals surface area contributed by atoms with Crippen molar-refractivity contribution in [1.29, 1.82) is 0 Å². The number of aromatic nitrogens is 4. The van der Waals surface area contributed by atoms with Crippen molar-refractivity contribution in [2.24, 2.45) is 0 Å². The van der Waals surface area contributed by atoms with Gasteiger partial charge in [-0.1, -0.05) is 6.07 Å². The summed E-state index contributed by atoms with van der Waals surface area (Å²) in [4.78, 5) is 28.5. The third kappa shape index (κ3) is 2.83. The monoisotopic (exact) mass is 362 g/mol. The summed E-state index contributed by atoms with van der Waals surface area (Å²) in [5.74, 6) is 0.707. The van der Waals surface area contributed by atoms with Crippen LogP contribution in [0.4, 0.5) is 5.95 Å². The molecule has 0 aromatic carbocycles. The van der Waals surface area contributed by atoms with E-state index < -0.39 is 0 Å². The van der Waals surface area contributed by atoms with E-state index in [-0.39, 0.29) is 11.8 Å². The zero-order chi connectivity index (χ0) is 18.4. The smallest absolute Gasteiger partial charge is 0.225 e. The first kappa shape index (κ1) is 16.2. The van der Waals surface area contributed by atoms with E-state index in [4.69, 9.17) is 4.98 Å². The van der Waals surface area contributed by atoms with E-state index in [1.54, 1.807) is 0 Å². The average molecular weight is 362 g/mol. The van der Waals surface area contributed by atoms with Crippen molar-refractivity contribution in [3.05, 3.63) is 53.2 Å². The number of aryl methyl sites for hydroxylation is 1. The highest BCUT2D eigenvalue weighted by Gasteiger charge is 2.29. The summed E-state index contributed by atoms with van der Waals surface area (Å²) in [6.45, 7) is 4.55. The molecule has 1 unspecified atom stereocenters. The number of anilines is 1. The van der Waals surface area contributed by atoms with Crippen LogP contribution >= 0.6 is 0 Å². The van der Waals surface area contributed by atoms with E-state index in [2.05, 4.69) is 43.8 Å². The fourth-order valence-corrected chi connectivity index (χ4v) is 4.12. The lowest BCUT2D eigenvalue weighted by Gasteiger charge is -2.18. The lowest BCUT2D eigenvalue weighted by molar-refractivity contribution is -0.121. The van der Waals surface area contributed by atoms with Gasteiger partial charge in [0.25, 0.3) is 0 Å². The molecule has 27 heavy (non-hydrogen) atoms. The molecule has 0 saturated carbocycles. The molecule has 1 amide bonds. The van der Waals surface area contributed by atoms with E-state index in [0.717, 1.165) is 47.2 Å². The maximum atomic E-state index is 12.3. The predicted molar refractivity (Wildman–Crippen MR) is 102 cm³/mol. The van der Waals surface area contributed by atoms with Crippen molar-refractivity contribution in [3.63, 3.8) is 0 Å². The van der Waals surface area contributed by atoms with E-state index in [1.807, 2.05) is 18.5 Å². The van der Waals surface area contributed by atoms with Crippen molar-refractivity contribution in [2.45, 2.75) is 38.6 Å². The van der Waals surface area contributed by atoms with Gasteiger partial charge in [0.2, 0.25) is 11.9 Å². The van der Waals surface area contributed by atoms with Crippen LogP contribution in [0, 0.1) is 6.92 Å². The summed E-state index contributed by atoms with van der Waals surface area (Å²) in [5.41, 5.74) is 5.00. The maximum Gasteiger partial charge on any atom is 0.225 e. The summed E-state index contributed by atoms with van der Waals surface area (Å²) < 4.78 is 2.12. The maximum absolute atomic E-state index is 12.3. The molecular weight excluding hydrogens is 340 g/mol. The molecular formula is C20H22N6O. The summed E-state index contributed by atoms with van der Waals surface area (Å²) >= 11 is 0. The first-order valence-electron chi connectivity index (χ1n) is 9.50. The fraction of sp³-hybridized carbons (Fsp3) is 0.400. The molecule has 1 saturated heterocycles. The first-order chi connectivity index (χ1) is 13.2. The molecule has 5 heterocycles. The second kappa shape index (κ2) is 6.33. The van der Waals surface area contributed by atoms with Crippen LogP contribution in [0.2, 0.25) is 0 Å². The van der Waals surface area contributed by atoms with Crippen LogP contribution in [0.3, 0.4) is 0 Å². The Kier molecular flexibility index (Phi) is 3.81. The number of carbonyl (C=O) groups is 1. The molecule has 1 fully saturated rings. The molecule has 1 atom stereocenters. The van der Waals surface area contributed by atoms with Crippen molar-refractivity contribution in [3.8, 4) is 0 Å². The molecule has 0 aliphatic carbocycles. The van der Waals surface area contributed by atoms with Gasteiger partial charge in [-0.05, 0) is 37.0 Å². The molecule has 0 bridgehead atoms. The third-order valence-electron chi connectivity index (χ3n) is 5.50. The highest BCUT2D eigenvalue weighted by atomic mass is 16.1. The molecule has 0 spiro atoms. The number of imidazole rings is 1. The minimum Gasteiger partial charge on any atom is -0.350 e. The highest BCUT2D eigenvalue weighted by Crippen LogP contribution is 2.33. The average Bonchev–Trinajstić information content (AvgIpc) is 3.29. The summed E-state index contributed by atoms with van der Waals surface area (Å²) in [6, 6.07) is 4.08. The van der Waals surface area contributed by atoms with Gasteiger partial charge in [-0.25, -0.2) is 15.0 Å². The third-order valence-corrected chi connectivity index (χ3v) is 5.50. The van der Waals surface area contributed by atoms with Crippen molar-refractivity contribution < 1.29 is 4.79 Å². The van der Waals surface area contributed by atoms with Gasteiger partial charge in [-0.2, -0.15) is 0 Å². The van der Waals surface area contributed by atoms with Crippen LogP contribution in [0.5, 0.6) is 0 Å². The second-order valence-corrected chi connectivity index (χ2v) is 7.42. The van der Waals surface area contributed by atoms with E-state index in [1.165, 1.54) is 12.8 Å². The molecule has 3 aromatic rings. The number of carbonyl (C=O) groups excluding carboxylic acids is 1. The molecule has 5 rings (SSSR count). The summed E-state index contributed by atoms with van der Waals surface area (Å²) in [6.07, 6.45) is 8.60. The number of amides is 1. The predicted octanol–water partition coefficient (Wildman–Crippen LogP) is 2.18. The van der Waals surface area contributed by atoms with Gasteiger partial charge in [0.05, 0.1) is 17.9 Å². The lowest BCUT2D eigenvalue weighted by Crippen LogP contribution is -2.22. The second-order valence-electron chi connectivity index (χ2n) is 7.42. The van der Waals surface area contributed by atoms with E-state index >= 15 is 0 Å². The lowest BCUT2D eigenvalue weighted by atomic mass is 9.94. The van der Waals surface area contributed by atoms with Crippen LogP contribution < -0.4 is 10.2 Å². The first-order valence-corrected chi connectivity index (χ1v) is 9.50. The summed E-state index contributed by atoms with van der Waals surface area (Å²) in [7, 11) is 0. The van der Waals surface area contributed by atoms with Gasteiger partial charge in [-0.15, -0.1) is 0 Å². The van der Waals surface area contributed by atoms with E-state index in [0.29, 0.717) is 13.0 Å². The molecule has 3 aromatic heterocycles. The molecule has 1 N–H and O–H groups in total. The largest absolute Gasteiger partial charge is 0.350 e. The molecule has 2 aliphatic heterocycles. The minimum atomic E-state index is -0.105. The number of nitrogens with one attached hydrogen (secondary N) is 1. The van der Waals surface area contributed by atoms with Gasteiger partial charge >= 0.3 is 0 Å². The van der Waals surface area contributed by atoms with Crippen LogP contribution in [-0.4, -0.2) is 38.3 Å². The van der Waals surface area contributed by atoms with Gasteiger partial charge in [-0.3, -0.25) is 4.79 Å². The summed E-state index contributed by atoms with van der Waals surface area (Å²) in [5, 5.41) is 2.97. The Morgan fingerprint density at radius 1 is 1.15 bits per heavy atom. The van der Waals surface area contributed by atoms with Crippen molar-refractivity contribution in [1.82, 2.24) is 24.7 Å². The topological polar surface area (TPSA) is 75.4 Å². The van der Waals surface area contributed by atoms with Crippen molar-refractivity contribution >= 4 is 17.5 Å².